The molecule has 1 saturated heterocycles. The van der Waals surface area contributed by atoms with E-state index < -0.39 is 0 Å². The molecule has 0 saturated carbocycles. The van der Waals surface area contributed by atoms with Crippen LogP contribution in [0.2, 0.25) is 0 Å². The molecule has 0 bridgehead atoms. The third-order valence-electron chi connectivity index (χ3n) is 3.45. The average Bonchev–Trinajstić information content (AvgIpc) is 2.94. The van der Waals surface area contributed by atoms with Crippen LogP contribution in [0, 0.1) is 5.92 Å². The number of anilines is 1. The lowest BCUT2D eigenvalue weighted by atomic mass is 9.99. The number of hydrogen-bond donors (Lipinski definition) is 1. The van der Waals surface area contributed by atoms with Gasteiger partial charge in [-0.3, -0.25) is 0 Å². The van der Waals surface area contributed by atoms with Gasteiger partial charge >= 0.3 is 0 Å². The van der Waals surface area contributed by atoms with Crippen LogP contribution in [-0.2, 0) is 13.0 Å². The van der Waals surface area contributed by atoms with Crippen LogP contribution in [-0.4, -0.2) is 13.1 Å². The molecule has 2 nitrogen and oxygen atoms in total. The number of hydrogen-bond acceptors (Lipinski definition) is 2. The second-order valence-corrected chi connectivity index (χ2v) is 5.46. The Balaban J connectivity index is 0.000000861. The Morgan fingerprint density at radius 1 is 1.16 bits per heavy atom. The van der Waals surface area contributed by atoms with Crippen LogP contribution in [0.25, 0.3) is 0 Å². The second-order valence-electron chi connectivity index (χ2n) is 5.46. The highest BCUT2D eigenvalue weighted by Crippen LogP contribution is 2.26. The molecule has 0 atom stereocenters. The van der Waals surface area contributed by atoms with E-state index in [9.17, 15) is 0 Å². The monoisotopic (exact) mass is 262 g/mol. The van der Waals surface area contributed by atoms with E-state index in [0.29, 0.717) is 12.5 Å². The van der Waals surface area contributed by atoms with Gasteiger partial charge in [-0.15, -0.1) is 0 Å². The summed E-state index contributed by atoms with van der Waals surface area (Å²) < 4.78 is 0. The highest BCUT2D eigenvalue weighted by atomic mass is 15.1. The molecular weight excluding hydrogens is 232 g/mol. The summed E-state index contributed by atoms with van der Waals surface area (Å²) in [6.45, 7) is 11.6. The molecular formula is C17H30N2. The summed E-state index contributed by atoms with van der Waals surface area (Å²) in [7, 11) is 0. The van der Waals surface area contributed by atoms with Gasteiger partial charge in [-0.05, 0) is 42.4 Å². The van der Waals surface area contributed by atoms with E-state index in [1.807, 2.05) is 13.8 Å². The molecule has 108 valence electrons. The molecule has 1 heterocycles. The Morgan fingerprint density at radius 2 is 1.79 bits per heavy atom. The van der Waals surface area contributed by atoms with Gasteiger partial charge in [0.2, 0.25) is 0 Å². The number of rotatable bonds is 4. The van der Waals surface area contributed by atoms with E-state index in [-0.39, 0.29) is 0 Å². The van der Waals surface area contributed by atoms with Crippen molar-refractivity contribution in [3.05, 3.63) is 29.3 Å². The SMILES string of the molecule is CC.CC(C)Cc1ccc(N2CCCC2)c(CN)c1. The normalized spacial score (nSPS) is 14.5. The van der Waals surface area contributed by atoms with E-state index >= 15 is 0 Å². The lowest BCUT2D eigenvalue weighted by Crippen LogP contribution is -2.20. The van der Waals surface area contributed by atoms with E-state index in [0.717, 1.165) is 6.42 Å². The van der Waals surface area contributed by atoms with Gasteiger partial charge in [0.25, 0.3) is 0 Å². The van der Waals surface area contributed by atoms with Crippen molar-refractivity contribution in [2.24, 2.45) is 11.7 Å². The Labute approximate surface area is 119 Å². The summed E-state index contributed by atoms with van der Waals surface area (Å²) >= 11 is 0. The van der Waals surface area contributed by atoms with Crippen molar-refractivity contribution in [3.63, 3.8) is 0 Å². The molecule has 0 unspecified atom stereocenters. The van der Waals surface area contributed by atoms with Crippen molar-refractivity contribution < 1.29 is 0 Å². The van der Waals surface area contributed by atoms with Crippen molar-refractivity contribution in [3.8, 4) is 0 Å². The van der Waals surface area contributed by atoms with E-state index in [4.69, 9.17) is 5.73 Å². The lowest BCUT2D eigenvalue weighted by molar-refractivity contribution is 0.646. The Hall–Kier alpha value is -1.02. The molecule has 1 fully saturated rings. The maximum atomic E-state index is 5.89. The minimum Gasteiger partial charge on any atom is -0.371 e. The van der Waals surface area contributed by atoms with Crippen LogP contribution in [0.3, 0.4) is 0 Å². The van der Waals surface area contributed by atoms with Crippen LogP contribution >= 0.6 is 0 Å². The van der Waals surface area contributed by atoms with Crippen LogP contribution in [0.15, 0.2) is 18.2 Å². The highest BCUT2D eigenvalue weighted by Gasteiger charge is 2.15. The third-order valence-corrected chi connectivity index (χ3v) is 3.45. The molecule has 2 N–H and O–H groups in total. The maximum absolute atomic E-state index is 5.89. The van der Waals surface area contributed by atoms with Crippen molar-refractivity contribution in [1.29, 1.82) is 0 Å². The number of nitrogens with zero attached hydrogens (tertiary/aromatic N) is 1. The summed E-state index contributed by atoms with van der Waals surface area (Å²) in [5.41, 5.74) is 9.98. The van der Waals surface area contributed by atoms with E-state index in [1.165, 1.54) is 42.7 Å². The first-order chi connectivity index (χ1) is 9.20. The molecule has 0 aliphatic carbocycles. The molecule has 1 aromatic carbocycles. The fraction of sp³-hybridized carbons (Fsp3) is 0.647. The zero-order valence-electron chi connectivity index (χ0n) is 13.1. The van der Waals surface area contributed by atoms with Gasteiger partial charge in [0.1, 0.15) is 0 Å². The van der Waals surface area contributed by atoms with Gasteiger partial charge in [0.05, 0.1) is 0 Å². The number of nitrogens with two attached hydrogens (primary N) is 1. The minimum atomic E-state index is 0.651. The Morgan fingerprint density at radius 3 is 2.32 bits per heavy atom. The summed E-state index contributed by atoms with van der Waals surface area (Å²) in [6.07, 6.45) is 3.78. The fourth-order valence-corrected chi connectivity index (χ4v) is 2.67. The van der Waals surface area contributed by atoms with Crippen LogP contribution in [0.5, 0.6) is 0 Å². The minimum absolute atomic E-state index is 0.651. The molecule has 2 rings (SSSR count). The van der Waals surface area contributed by atoms with Gasteiger partial charge in [-0.25, -0.2) is 0 Å². The lowest BCUT2D eigenvalue weighted by Gasteiger charge is -2.22. The first kappa shape index (κ1) is 16.0. The van der Waals surface area contributed by atoms with Crippen molar-refractivity contribution >= 4 is 5.69 Å². The zero-order chi connectivity index (χ0) is 14.3. The molecule has 0 aromatic heterocycles. The molecule has 0 spiro atoms. The van der Waals surface area contributed by atoms with Gasteiger partial charge in [-0.1, -0.05) is 39.8 Å². The highest BCUT2D eigenvalue weighted by molar-refractivity contribution is 5.55. The summed E-state index contributed by atoms with van der Waals surface area (Å²) in [6, 6.07) is 6.84. The topological polar surface area (TPSA) is 29.3 Å². The molecule has 1 aromatic rings. The first-order valence-corrected chi connectivity index (χ1v) is 7.77. The van der Waals surface area contributed by atoms with E-state index in [2.05, 4.69) is 36.9 Å². The van der Waals surface area contributed by atoms with E-state index in [1.54, 1.807) is 0 Å². The maximum Gasteiger partial charge on any atom is 0.0411 e. The standard InChI is InChI=1S/C15H24N2.C2H6/c1-12(2)9-13-5-6-15(14(10-13)11-16)17-7-3-4-8-17;1-2/h5-6,10,12H,3-4,7-9,11,16H2,1-2H3;1-2H3. The Kier molecular flexibility index (Phi) is 6.93. The van der Waals surface area contributed by atoms with Crippen molar-refractivity contribution in [2.75, 3.05) is 18.0 Å². The third kappa shape index (κ3) is 4.54. The molecule has 0 amide bonds. The predicted octanol–water partition coefficient (Wildman–Crippen LogP) is 3.97. The summed E-state index contributed by atoms with van der Waals surface area (Å²) in [4.78, 5) is 2.47. The zero-order valence-corrected chi connectivity index (χ0v) is 13.1. The molecule has 1 aliphatic rings. The number of benzene rings is 1. The largest absolute Gasteiger partial charge is 0.371 e. The van der Waals surface area contributed by atoms with Gasteiger partial charge in [0, 0.05) is 25.3 Å². The molecule has 19 heavy (non-hydrogen) atoms. The molecule has 0 radical (unpaired) electrons. The summed E-state index contributed by atoms with van der Waals surface area (Å²) in [5.74, 6) is 0.707. The fourth-order valence-electron chi connectivity index (χ4n) is 2.67. The summed E-state index contributed by atoms with van der Waals surface area (Å²) in [5, 5.41) is 0. The average molecular weight is 262 g/mol. The molecule has 2 heteroatoms. The quantitative estimate of drug-likeness (QED) is 0.889. The van der Waals surface area contributed by atoms with Crippen LogP contribution in [0.4, 0.5) is 5.69 Å². The smallest absolute Gasteiger partial charge is 0.0411 e. The van der Waals surface area contributed by atoms with Gasteiger partial charge in [0.15, 0.2) is 0 Å². The van der Waals surface area contributed by atoms with Gasteiger partial charge in [-0.2, -0.15) is 0 Å². The van der Waals surface area contributed by atoms with Crippen molar-refractivity contribution in [2.45, 2.75) is 53.5 Å². The molecule has 1 aliphatic heterocycles. The Bertz CT molecular complexity index is 366. The van der Waals surface area contributed by atoms with Crippen molar-refractivity contribution in [1.82, 2.24) is 0 Å². The predicted molar refractivity (Wildman–Crippen MR) is 85.7 cm³/mol. The van der Waals surface area contributed by atoms with Crippen LogP contribution in [0.1, 0.15) is 51.7 Å². The van der Waals surface area contributed by atoms with Gasteiger partial charge < -0.3 is 10.6 Å². The second kappa shape index (κ2) is 8.21. The van der Waals surface area contributed by atoms with Crippen LogP contribution < -0.4 is 10.6 Å². The first-order valence-electron chi connectivity index (χ1n) is 7.77.